The first-order valence-corrected chi connectivity index (χ1v) is 9.90. The summed E-state index contributed by atoms with van der Waals surface area (Å²) in [6, 6.07) is 22.6. The average Bonchev–Trinajstić information content (AvgIpc) is 2.98. The maximum atomic E-state index is 13.1. The molecule has 1 heterocycles. The van der Waals surface area contributed by atoms with Crippen molar-refractivity contribution < 1.29 is 19.4 Å². The van der Waals surface area contributed by atoms with E-state index < -0.39 is 17.7 Å². The Balaban J connectivity index is 1.42. The van der Waals surface area contributed by atoms with Gasteiger partial charge in [0.05, 0.1) is 25.9 Å². The van der Waals surface area contributed by atoms with Crippen molar-refractivity contribution in [3.63, 3.8) is 0 Å². The van der Waals surface area contributed by atoms with Crippen LogP contribution in [0.3, 0.4) is 0 Å². The molecule has 0 saturated carbocycles. The molecule has 30 heavy (non-hydrogen) atoms. The van der Waals surface area contributed by atoms with E-state index in [1.165, 1.54) is 0 Å². The van der Waals surface area contributed by atoms with Gasteiger partial charge in [0.15, 0.2) is 0 Å². The number of imide groups is 1. The highest BCUT2D eigenvalue weighted by Crippen LogP contribution is 2.31. The van der Waals surface area contributed by atoms with Crippen LogP contribution in [0.5, 0.6) is 0 Å². The summed E-state index contributed by atoms with van der Waals surface area (Å²) in [4.78, 5) is 26.7. The molecular formula is C24H24N2O4. The van der Waals surface area contributed by atoms with Gasteiger partial charge in [0.25, 0.3) is 5.91 Å². The lowest BCUT2D eigenvalue weighted by atomic mass is 9.90. The average molecular weight is 404 g/mol. The number of nitrogens with zero attached hydrogens (tertiary/aromatic N) is 1. The van der Waals surface area contributed by atoms with Crippen LogP contribution in [0.25, 0.3) is 10.8 Å². The predicted octanol–water partition coefficient (Wildman–Crippen LogP) is 3.18. The van der Waals surface area contributed by atoms with E-state index in [1.54, 1.807) is 6.92 Å². The SMILES string of the molecule is CC1(c2ccc3ccccc3c2)NC(=O)N(CC(O)COCc2ccccc2)C1=O. The van der Waals surface area contributed by atoms with Crippen LogP contribution < -0.4 is 5.32 Å². The van der Waals surface area contributed by atoms with Crippen LogP contribution in [0.4, 0.5) is 4.79 Å². The lowest BCUT2D eigenvalue weighted by molar-refractivity contribution is -0.132. The Morgan fingerprint density at radius 3 is 2.47 bits per heavy atom. The van der Waals surface area contributed by atoms with Crippen LogP contribution in [0.15, 0.2) is 72.8 Å². The lowest BCUT2D eigenvalue weighted by Crippen LogP contribution is -2.42. The van der Waals surface area contributed by atoms with E-state index >= 15 is 0 Å². The Hall–Kier alpha value is -3.22. The third kappa shape index (κ3) is 3.92. The van der Waals surface area contributed by atoms with Crippen LogP contribution in [0.2, 0.25) is 0 Å². The zero-order chi connectivity index (χ0) is 21.1. The first-order chi connectivity index (χ1) is 14.5. The number of benzene rings is 3. The molecule has 2 atom stereocenters. The Kier molecular flexibility index (Phi) is 5.53. The Morgan fingerprint density at radius 1 is 1.00 bits per heavy atom. The summed E-state index contributed by atoms with van der Waals surface area (Å²) >= 11 is 0. The fourth-order valence-electron chi connectivity index (χ4n) is 3.71. The predicted molar refractivity (Wildman–Crippen MR) is 114 cm³/mol. The summed E-state index contributed by atoms with van der Waals surface area (Å²) in [5.41, 5.74) is 0.520. The summed E-state index contributed by atoms with van der Waals surface area (Å²) in [5, 5.41) is 15.1. The molecule has 2 unspecified atom stereocenters. The maximum absolute atomic E-state index is 13.1. The van der Waals surface area contributed by atoms with Crippen molar-refractivity contribution in [1.82, 2.24) is 10.2 Å². The molecule has 0 aliphatic carbocycles. The van der Waals surface area contributed by atoms with Crippen molar-refractivity contribution in [2.75, 3.05) is 13.2 Å². The zero-order valence-electron chi connectivity index (χ0n) is 16.7. The molecule has 3 aromatic rings. The number of rotatable bonds is 7. The Bertz CT molecular complexity index is 1070. The van der Waals surface area contributed by atoms with Gasteiger partial charge in [-0.3, -0.25) is 9.69 Å². The molecule has 0 spiro atoms. The van der Waals surface area contributed by atoms with Gasteiger partial charge in [-0.1, -0.05) is 66.7 Å². The highest BCUT2D eigenvalue weighted by atomic mass is 16.5. The highest BCUT2D eigenvalue weighted by molar-refractivity contribution is 6.07. The Labute approximate surface area is 175 Å². The number of aliphatic hydroxyl groups excluding tert-OH is 1. The number of urea groups is 1. The first-order valence-electron chi connectivity index (χ1n) is 9.90. The molecule has 2 N–H and O–H groups in total. The van der Waals surface area contributed by atoms with E-state index in [1.807, 2.05) is 72.8 Å². The third-order valence-corrected chi connectivity index (χ3v) is 5.42. The fourth-order valence-corrected chi connectivity index (χ4v) is 3.71. The molecule has 1 aliphatic heterocycles. The molecule has 0 bridgehead atoms. The van der Waals surface area contributed by atoms with Crippen LogP contribution >= 0.6 is 0 Å². The van der Waals surface area contributed by atoms with Gasteiger partial charge in [-0.15, -0.1) is 0 Å². The number of aliphatic hydroxyl groups is 1. The number of fused-ring (bicyclic) bond motifs is 1. The maximum Gasteiger partial charge on any atom is 0.325 e. The number of β-amino-alcohol motifs (C(OH)–C–C–N with tert-alkyl or cyclic N) is 1. The van der Waals surface area contributed by atoms with Crippen molar-refractivity contribution >= 4 is 22.7 Å². The molecule has 6 heteroatoms. The van der Waals surface area contributed by atoms with E-state index in [0.29, 0.717) is 12.2 Å². The van der Waals surface area contributed by atoms with Crippen LogP contribution in [0, 0.1) is 0 Å². The molecule has 1 saturated heterocycles. The normalized spacial score (nSPS) is 19.9. The molecule has 4 rings (SSSR count). The van der Waals surface area contributed by atoms with Crippen molar-refractivity contribution in [3.05, 3.63) is 83.9 Å². The van der Waals surface area contributed by atoms with E-state index in [2.05, 4.69) is 5.32 Å². The minimum atomic E-state index is -1.17. The number of carbonyl (C=O) groups excluding carboxylic acids is 2. The zero-order valence-corrected chi connectivity index (χ0v) is 16.7. The van der Waals surface area contributed by atoms with Gasteiger partial charge in [0.1, 0.15) is 5.54 Å². The highest BCUT2D eigenvalue weighted by Gasteiger charge is 2.49. The number of hydrogen-bond donors (Lipinski definition) is 2. The van der Waals surface area contributed by atoms with Gasteiger partial charge in [-0.2, -0.15) is 0 Å². The minimum Gasteiger partial charge on any atom is -0.389 e. The van der Waals surface area contributed by atoms with Gasteiger partial charge < -0.3 is 15.2 Å². The van der Waals surface area contributed by atoms with Crippen LogP contribution in [-0.2, 0) is 21.7 Å². The molecule has 0 radical (unpaired) electrons. The first kappa shape index (κ1) is 20.1. The number of nitrogens with one attached hydrogen (secondary N) is 1. The number of hydrogen-bond acceptors (Lipinski definition) is 4. The molecular weight excluding hydrogens is 380 g/mol. The lowest BCUT2D eigenvalue weighted by Gasteiger charge is -2.23. The van der Waals surface area contributed by atoms with Crippen LogP contribution in [0.1, 0.15) is 18.1 Å². The summed E-state index contributed by atoms with van der Waals surface area (Å²) in [7, 11) is 0. The molecule has 1 aliphatic rings. The van der Waals surface area contributed by atoms with Gasteiger partial charge in [0.2, 0.25) is 0 Å². The second-order valence-corrected chi connectivity index (χ2v) is 7.69. The second kappa shape index (κ2) is 8.26. The molecule has 3 amide bonds. The van der Waals surface area contributed by atoms with Gasteiger partial charge in [-0.25, -0.2) is 4.79 Å². The largest absolute Gasteiger partial charge is 0.389 e. The minimum absolute atomic E-state index is 0.0264. The summed E-state index contributed by atoms with van der Waals surface area (Å²) in [6.45, 7) is 1.95. The van der Waals surface area contributed by atoms with E-state index in [4.69, 9.17) is 4.74 Å². The number of ether oxygens (including phenoxy) is 1. The monoisotopic (exact) mass is 404 g/mol. The van der Waals surface area contributed by atoms with Gasteiger partial charge in [0, 0.05) is 0 Å². The Morgan fingerprint density at radius 2 is 1.70 bits per heavy atom. The smallest absolute Gasteiger partial charge is 0.325 e. The van der Waals surface area contributed by atoms with Crippen molar-refractivity contribution in [2.24, 2.45) is 0 Å². The van der Waals surface area contributed by atoms with E-state index in [-0.39, 0.29) is 19.1 Å². The summed E-state index contributed by atoms with van der Waals surface area (Å²) < 4.78 is 5.53. The second-order valence-electron chi connectivity index (χ2n) is 7.69. The van der Waals surface area contributed by atoms with E-state index in [0.717, 1.165) is 21.2 Å². The number of amides is 3. The third-order valence-electron chi connectivity index (χ3n) is 5.42. The van der Waals surface area contributed by atoms with Gasteiger partial charge >= 0.3 is 6.03 Å². The molecule has 3 aromatic carbocycles. The summed E-state index contributed by atoms with van der Waals surface area (Å²) in [5.74, 6) is -0.384. The summed E-state index contributed by atoms with van der Waals surface area (Å²) in [6.07, 6.45) is -0.970. The molecule has 6 nitrogen and oxygen atoms in total. The van der Waals surface area contributed by atoms with Crippen molar-refractivity contribution in [1.29, 1.82) is 0 Å². The van der Waals surface area contributed by atoms with Crippen molar-refractivity contribution in [3.8, 4) is 0 Å². The molecule has 0 aromatic heterocycles. The molecule has 1 fully saturated rings. The van der Waals surface area contributed by atoms with Crippen LogP contribution in [-0.4, -0.2) is 41.2 Å². The van der Waals surface area contributed by atoms with Crippen molar-refractivity contribution in [2.45, 2.75) is 25.2 Å². The quantitative estimate of drug-likeness (QED) is 0.593. The van der Waals surface area contributed by atoms with Gasteiger partial charge in [-0.05, 0) is 34.9 Å². The van der Waals surface area contributed by atoms with E-state index in [9.17, 15) is 14.7 Å². The topological polar surface area (TPSA) is 78.9 Å². The number of carbonyl (C=O) groups is 2. The standard InChI is InChI=1S/C24H24N2O4/c1-24(20-12-11-18-9-5-6-10-19(18)13-20)22(28)26(23(29)25-24)14-21(27)16-30-15-17-7-3-2-4-8-17/h2-13,21,27H,14-16H2,1H3,(H,25,29). The molecule has 154 valence electrons. The fraction of sp³-hybridized carbons (Fsp3) is 0.250.